The SMILES string of the molecule is CCc1cc(C(=O)N[C@H](C)CO)n(CC)n1. The minimum absolute atomic E-state index is 0.0629. The van der Waals surface area contributed by atoms with Crippen LogP contribution in [0.1, 0.15) is 37.0 Å². The first-order chi connectivity index (χ1) is 7.62. The van der Waals surface area contributed by atoms with Crippen LogP contribution in [-0.4, -0.2) is 33.4 Å². The number of amides is 1. The number of carbonyl (C=O) groups is 1. The molecule has 90 valence electrons. The molecule has 0 spiro atoms. The maximum absolute atomic E-state index is 11.8. The summed E-state index contributed by atoms with van der Waals surface area (Å²) in [5.41, 5.74) is 1.46. The third-order valence-corrected chi connectivity index (χ3v) is 2.38. The Kier molecular flexibility index (Phi) is 4.49. The second-order valence-electron chi connectivity index (χ2n) is 3.75. The fourth-order valence-electron chi connectivity index (χ4n) is 1.41. The Morgan fingerprint density at radius 2 is 2.31 bits per heavy atom. The van der Waals surface area contributed by atoms with Crippen molar-refractivity contribution in [3.8, 4) is 0 Å². The van der Waals surface area contributed by atoms with Crippen molar-refractivity contribution in [2.45, 2.75) is 39.8 Å². The highest BCUT2D eigenvalue weighted by molar-refractivity contribution is 5.92. The highest BCUT2D eigenvalue weighted by Gasteiger charge is 2.15. The number of hydrogen-bond acceptors (Lipinski definition) is 3. The molecule has 1 rings (SSSR count). The Balaban J connectivity index is 2.85. The highest BCUT2D eigenvalue weighted by Crippen LogP contribution is 2.05. The van der Waals surface area contributed by atoms with Crippen LogP contribution < -0.4 is 5.32 Å². The van der Waals surface area contributed by atoms with E-state index in [4.69, 9.17) is 5.11 Å². The van der Waals surface area contributed by atoms with Crippen molar-refractivity contribution < 1.29 is 9.90 Å². The van der Waals surface area contributed by atoms with Gasteiger partial charge in [-0.3, -0.25) is 9.48 Å². The predicted octanol–water partition coefficient (Wildman–Crippen LogP) is 0.576. The number of hydrogen-bond donors (Lipinski definition) is 2. The predicted molar refractivity (Wildman–Crippen MR) is 61.3 cm³/mol. The van der Waals surface area contributed by atoms with Crippen LogP contribution in [0.5, 0.6) is 0 Å². The van der Waals surface area contributed by atoms with Gasteiger partial charge in [-0.05, 0) is 26.3 Å². The zero-order valence-electron chi connectivity index (χ0n) is 10.0. The Morgan fingerprint density at radius 3 is 2.81 bits per heavy atom. The summed E-state index contributed by atoms with van der Waals surface area (Å²) in [7, 11) is 0. The van der Waals surface area contributed by atoms with Crippen LogP contribution in [0.15, 0.2) is 6.07 Å². The van der Waals surface area contributed by atoms with E-state index in [1.807, 2.05) is 13.8 Å². The molecule has 1 atom stereocenters. The maximum atomic E-state index is 11.8. The fourth-order valence-corrected chi connectivity index (χ4v) is 1.41. The summed E-state index contributed by atoms with van der Waals surface area (Å²) in [4.78, 5) is 11.8. The minimum Gasteiger partial charge on any atom is -0.394 e. The van der Waals surface area contributed by atoms with Crippen LogP contribution in [0.25, 0.3) is 0 Å². The molecule has 5 nitrogen and oxygen atoms in total. The molecule has 0 saturated carbocycles. The molecule has 0 unspecified atom stereocenters. The Morgan fingerprint density at radius 1 is 1.62 bits per heavy atom. The molecular weight excluding hydrogens is 206 g/mol. The highest BCUT2D eigenvalue weighted by atomic mass is 16.3. The van der Waals surface area contributed by atoms with Gasteiger partial charge in [-0.2, -0.15) is 5.10 Å². The van der Waals surface area contributed by atoms with E-state index in [2.05, 4.69) is 10.4 Å². The summed E-state index contributed by atoms with van der Waals surface area (Å²) in [6.45, 7) is 6.30. The molecule has 1 aromatic heterocycles. The number of nitrogens with one attached hydrogen (secondary N) is 1. The molecule has 0 bridgehead atoms. The van der Waals surface area contributed by atoms with Gasteiger partial charge in [0, 0.05) is 12.6 Å². The number of aliphatic hydroxyl groups is 1. The van der Waals surface area contributed by atoms with Crippen LogP contribution >= 0.6 is 0 Å². The molecule has 2 N–H and O–H groups in total. The Hall–Kier alpha value is -1.36. The summed E-state index contributed by atoms with van der Waals surface area (Å²) in [6, 6.07) is 1.56. The summed E-state index contributed by atoms with van der Waals surface area (Å²) in [6.07, 6.45) is 0.808. The number of rotatable bonds is 5. The van der Waals surface area contributed by atoms with Gasteiger partial charge in [0.25, 0.3) is 5.91 Å². The molecule has 0 aliphatic rings. The zero-order valence-corrected chi connectivity index (χ0v) is 10.0. The van der Waals surface area contributed by atoms with E-state index in [1.54, 1.807) is 17.7 Å². The van der Waals surface area contributed by atoms with E-state index < -0.39 is 0 Å². The zero-order chi connectivity index (χ0) is 12.1. The normalized spacial score (nSPS) is 12.5. The second-order valence-corrected chi connectivity index (χ2v) is 3.75. The summed E-state index contributed by atoms with van der Waals surface area (Å²) in [5.74, 6) is -0.185. The lowest BCUT2D eigenvalue weighted by Crippen LogP contribution is -2.36. The van der Waals surface area contributed by atoms with Crippen LogP contribution in [0.4, 0.5) is 0 Å². The van der Waals surface area contributed by atoms with Crippen LogP contribution in [0.3, 0.4) is 0 Å². The molecule has 1 heterocycles. The van der Waals surface area contributed by atoms with E-state index in [0.29, 0.717) is 12.2 Å². The average molecular weight is 225 g/mol. The molecule has 0 aliphatic heterocycles. The summed E-state index contributed by atoms with van der Waals surface area (Å²) in [5, 5.41) is 15.9. The Labute approximate surface area is 95.5 Å². The third-order valence-electron chi connectivity index (χ3n) is 2.38. The van der Waals surface area contributed by atoms with Gasteiger partial charge < -0.3 is 10.4 Å². The lowest BCUT2D eigenvalue weighted by atomic mass is 10.2. The fraction of sp³-hybridized carbons (Fsp3) is 0.636. The molecule has 0 aromatic carbocycles. The van der Waals surface area contributed by atoms with Crippen LogP contribution in [0, 0.1) is 0 Å². The molecule has 5 heteroatoms. The van der Waals surface area contributed by atoms with Crippen molar-refractivity contribution in [3.05, 3.63) is 17.5 Å². The lowest BCUT2D eigenvalue weighted by molar-refractivity contribution is 0.0911. The summed E-state index contributed by atoms with van der Waals surface area (Å²) < 4.78 is 1.68. The topological polar surface area (TPSA) is 67.2 Å². The summed E-state index contributed by atoms with van der Waals surface area (Å²) >= 11 is 0. The van der Waals surface area contributed by atoms with Gasteiger partial charge in [0.1, 0.15) is 5.69 Å². The van der Waals surface area contributed by atoms with Gasteiger partial charge in [0.2, 0.25) is 0 Å². The van der Waals surface area contributed by atoms with Gasteiger partial charge in [-0.25, -0.2) is 0 Å². The molecule has 0 radical (unpaired) electrons. The largest absolute Gasteiger partial charge is 0.394 e. The third kappa shape index (κ3) is 2.82. The lowest BCUT2D eigenvalue weighted by Gasteiger charge is -2.11. The molecule has 1 amide bonds. The number of carbonyl (C=O) groups excluding carboxylic acids is 1. The van der Waals surface area contributed by atoms with Gasteiger partial charge in [0.15, 0.2) is 0 Å². The first kappa shape index (κ1) is 12.7. The molecule has 0 aliphatic carbocycles. The van der Waals surface area contributed by atoms with Crippen molar-refractivity contribution in [1.82, 2.24) is 15.1 Å². The van der Waals surface area contributed by atoms with Crippen molar-refractivity contribution in [3.63, 3.8) is 0 Å². The van der Waals surface area contributed by atoms with E-state index in [9.17, 15) is 4.79 Å². The first-order valence-corrected chi connectivity index (χ1v) is 5.60. The number of aromatic nitrogens is 2. The van der Waals surface area contributed by atoms with Crippen LogP contribution in [0.2, 0.25) is 0 Å². The molecule has 0 fully saturated rings. The number of aliphatic hydroxyl groups excluding tert-OH is 1. The van der Waals surface area contributed by atoms with E-state index in [0.717, 1.165) is 12.1 Å². The number of aryl methyl sites for hydroxylation is 2. The monoisotopic (exact) mass is 225 g/mol. The molecule has 0 saturated heterocycles. The van der Waals surface area contributed by atoms with Gasteiger partial charge in [0.05, 0.1) is 12.3 Å². The van der Waals surface area contributed by atoms with E-state index in [-0.39, 0.29) is 18.6 Å². The van der Waals surface area contributed by atoms with Gasteiger partial charge >= 0.3 is 0 Å². The first-order valence-electron chi connectivity index (χ1n) is 5.60. The van der Waals surface area contributed by atoms with Gasteiger partial charge in [-0.15, -0.1) is 0 Å². The number of nitrogens with zero attached hydrogens (tertiary/aromatic N) is 2. The van der Waals surface area contributed by atoms with Crippen molar-refractivity contribution in [1.29, 1.82) is 0 Å². The van der Waals surface area contributed by atoms with Crippen LogP contribution in [-0.2, 0) is 13.0 Å². The molecular formula is C11H19N3O2. The van der Waals surface area contributed by atoms with E-state index in [1.165, 1.54) is 0 Å². The van der Waals surface area contributed by atoms with Crippen molar-refractivity contribution in [2.24, 2.45) is 0 Å². The second kappa shape index (κ2) is 5.65. The van der Waals surface area contributed by atoms with E-state index >= 15 is 0 Å². The standard InChI is InChI=1S/C11H19N3O2/c1-4-9-6-10(14(5-2)13-9)11(16)12-8(3)7-15/h6,8,15H,4-5,7H2,1-3H3,(H,12,16)/t8-/m1/s1. The average Bonchev–Trinajstić information content (AvgIpc) is 2.71. The maximum Gasteiger partial charge on any atom is 0.269 e. The van der Waals surface area contributed by atoms with Crippen molar-refractivity contribution in [2.75, 3.05) is 6.61 Å². The minimum atomic E-state index is -0.238. The smallest absolute Gasteiger partial charge is 0.269 e. The molecule has 1 aromatic rings. The molecule has 16 heavy (non-hydrogen) atoms. The Bertz CT molecular complexity index is 360. The van der Waals surface area contributed by atoms with Crippen molar-refractivity contribution >= 4 is 5.91 Å². The quantitative estimate of drug-likeness (QED) is 0.770. The van der Waals surface area contributed by atoms with Gasteiger partial charge in [-0.1, -0.05) is 6.92 Å².